The molecule has 0 amide bonds. The van der Waals surface area contributed by atoms with Gasteiger partial charge in [0, 0.05) is 0 Å². The molecule has 1 nitrogen and oxygen atoms in total. The zero-order chi connectivity index (χ0) is 9.56. The fourth-order valence-corrected chi connectivity index (χ4v) is 2.75. The molecule has 0 spiro atoms. The van der Waals surface area contributed by atoms with Crippen LogP contribution in [0.25, 0.3) is 0 Å². The van der Waals surface area contributed by atoms with Crippen molar-refractivity contribution in [2.75, 3.05) is 19.6 Å². The summed E-state index contributed by atoms with van der Waals surface area (Å²) >= 11 is 6.29. The van der Waals surface area contributed by atoms with Gasteiger partial charge in [0.25, 0.3) is 0 Å². The lowest BCUT2D eigenvalue weighted by molar-refractivity contribution is 0.320. The lowest BCUT2D eigenvalue weighted by Crippen LogP contribution is -2.27. The molecule has 0 aromatic heterocycles. The van der Waals surface area contributed by atoms with E-state index in [4.69, 9.17) is 11.1 Å². The fourth-order valence-electron chi connectivity index (χ4n) is 1.18. The third kappa shape index (κ3) is 5.17. The molecule has 0 heterocycles. The Kier molecular flexibility index (Phi) is 7.20. The lowest BCUT2D eigenvalue weighted by atomic mass is 10.5. The van der Waals surface area contributed by atoms with E-state index in [1.807, 2.05) is 0 Å². The average molecular weight is 208 g/mol. The van der Waals surface area contributed by atoms with Crippen molar-refractivity contribution in [1.82, 2.24) is 4.90 Å². The van der Waals surface area contributed by atoms with Crippen molar-refractivity contribution in [1.29, 1.82) is 0 Å². The molecule has 0 radical (unpaired) electrons. The van der Waals surface area contributed by atoms with Gasteiger partial charge in [0.15, 0.2) is 0 Å². The summed E-state index contributed by atoms with van der Waals surface area (Å²) in [6.45, 7) is 12.4. The maximum absolute atomic E-state index is 6.29. The summed E-state index contributed by atoms with van der Waals surface area (Å²) in [6, 6.07) is 1.25. The molecule has 0 aliphatic carbocycles. The zero-order valence-electron chi connectivity index (χ0n) is 8.81. The minimum absolute atomic E-state index is 0.738. The van der Waals surface area contributed by atoms with Gasteiger partial charge in [-0.3, -0.25) is 0 Å². The van der Waals surface area contributed by atoms with Crippen LogP contribution in [0.5, 0.6) is 0 Å². The highest BCUT2D eigenvalue weighted by molar-refractivity contribution is 7.07. The molecule has 1 unspecified atom stereocenters. The summed E-state index contributed by atoms with van der Waals surface area (Å²) in [6.07, 6.45) is 0. The van der Waals surface area contributed by atoms with E-state index in [0.717, 1.165) is 18.6 Å². The molecular weight excluding hydrogens is 186 g/mol. The van der Waals surface area contributed by atoms with Crippen LogP contribution in [-0.4, -0.2) is 32.6 Å². The van der Waals surface area contributed by atoms with Crippen LogP contribution in [0.15, 0.2) is 0 Å². The highest BCUT2D eigenvalue weighted by atomic mass is 35.6. The average Bonchev–Trinajstić information content (AvgIpc) is 2.05. The van der Waals surface area contributed by atoms with Gasteiger partial charge < -0.3 is 4.90 Å². The topological polar surface area (TPSA) is 3.24 Å². The molecule has 0 saturated carbocycles. The Balaban J connectivity index is 3.51. The first-order chi connectivity index (χ1) is 5.61. The van der Waals surface area contributed by atoms with Crippen LogP contribution in [-0.2, 0) is 0 Å². The summed E-state index contributed by atoms with van der Waals surface area (Å²) in [4.78, 5) is 2.45. The van der Waals surface area contributed by atoms with Crippen LogP contribution in [0.4, 0.5) is 0 Å². The van der Waals surface area contributed by atoms with Gasteiger partial charge >= 0.3 is 0 Å². The quantitative estimate of drug-likeness (QED) is 0.478. The summed E-state index contributed by atoms with van der Waals surface area (Å²) in [5.41, 5.74) is 0.738. The molecule has 0 aliphatic rings. The number of nitrogens with zero attached hydrogens (tertiary/aromatic N) is 1. The van der Waals surface area contributed by atoms with Crippen LogP contribution in [0.3, 0.4) is 0 Å². The van der Waals surface area contributed by atoms with Gasteiger partial charge in [-0.05, 0) is 31.2 Å². The fraction of sp³-hybridized carbons (Fsp3) is 1.00. The Bertz CT molecular complexity index is 103. The van der Waals surface area contributed by atoms with E-state index in [1.165, 1.54) is 12.6 Å². The molecule has 12 heavy (non-hydrogen) atoms. The first-order valence-corrected chi connectivity index (χ1v) is 8.21. The van der Waals surface area contributed by atoms with Gasteiger partial charge in [0.1, 0.15) is 8.11 Å². The molecular formula is C9H22ClNSi. The molecule has 1 atom stereocenters. The van der Waals surface area contributed by atoms with Gasteiger partial charge in [-0.2, -0.15) is 11.1 Å². The molecule has 3 heteroatoms. The van der Waals surface area contributed by atoms with Gasteiger partial charge in [0.2, 0.25) is 0 Å². The zero-order valence-corrected chi connectivity index (χ0v) is 10.7. The van der Waals surface area contributed by atoms with Gasteiger partial charge in [-0.1, -0.05) is 27.7 Å². The molecule has 0 fully saturated rings. The third-order valence-corrected chi connectivity index (χ3v) is 6.76. The Morgan fingerprint density at radius 1 is 1.25 bits per heavy atom. The van der Waals surface area contributed by atoms with Crippen LogP contribution in [0.1, 0.15) is 27.7 Å². The molecule has 0 aromatic rings. The minimum atomic E-state index is -0.929. The number of hydrogen-bond acceptors (Lipinski definition) is 1. The van der Waals surface area contributed by atoms with E-state index in [1.54, 1.807) is 0 Å². The maximum Gasteiger partial charge on any atom is 0.144 e. The van der Waals surface area contributed by atoms with Crippen molar-refractivity contribution in [3.05, 3.63) is 0 Å². The van der Waals surface area contributed by atoms with Crippen molar-refractivity contribution in [2.45, 2.75) is 39.3 Å². The second-order valence-corrected chi connectivity index (χ2v) is 8.20. The molecule has 0 N–H and O–H groups in total. The predicted octanol–water partition coefficient (Wildman–Crippen LogP) is 2.70. The van der Waals surface area contributed by atoms with Gasteiger partial charge in [-0.25, -0.2) is 0 Å². The first kappa shape index (κ1) is 12.5. The highest BCUT2D eigenvalue weighted by Crippen LogP contribution is 2.15. The number of rotatable bonds is 6. The molecule has 0 aromatic carbocycles. The van der Waals surface area contributed by atoms with Crippen molar-refractivity contribution in [3.8, 4) is 0 Å². The van der Waals surface area contributed by atoms with E-state index in [0.29, 0.717) is 0 Å². The SMILES string of the molecule is CCN(CC)CC[SiH](Cl)C(C)C. The molecule has 74 valence electrons. The third-order valence-electron chi connectivity index (χ3n) is 2.34. The van der Waals surface area contributed by atoms with Gasteiger partial charge in [0.05, 0.1) is 0 Å². The van der Waals surface area contributed by atoms with Crippen LogP contribution in [0.2, 0.25) is 11.6 Å². The Morgan fingerprint density at radius 3 is 2.08 bits per heavy atom. The number of hydrogen-bond donors (Lipinski definition) is 0. The van der Waals surface area contributed by atoms with E-state index < -0.39 is 8.11 Å². The van der Waals surface area contributed by atoms with Crippen molar-refractivity contribution >= 4 is 19.2 Å². The monoisotopic (exact) mass is 207 g/mol. The molecule has 0 rings (SSSR count). The smallest absolute Gasteiger partial charge is 0.144 e. The largest absolute Gasteiger partial charge is 0.304 e. The van der Waals surface area contributed by atoms with Crippen LogP contribution in [0, 0.1) is 0 Å². The van der Waals surface area contributed by atoms with Gasteiger partial charge in [-0.15, -0.1) is 0 Å². The normalized spacial score (nSPS) is 14.2. The number of halogens is 1. The summed E-state index contributed by atoms with van der Waals surface area (Å²) in [5, 5.41) is 0. The van der Waals surface area contributed by atoms with E-state index >= 15 is 0 Å². The van der Waals surface area contributed by atoms with E-state index in [9.17, 15) is 0 Å². The lowest BCUT2D eigenvalue weighted by Gasteiger charge is -2.20. The molecule has 0 bridgehead atoms. The van der Waals surface area contributed by atoms with Crippen LogP contribution >= 0.6 is 11.1 Å². The second-order valence-electron chi connectivity index (χ2n) is 3.58. The molecule has 0 aliphatic heterocycles. The van der Waals surface area contributed by atoms with E-state index in [-0.39, 0.29) is 0 Å². The Labute approximate surface area is 83.4 Å². The summed E-state index contributed by atoms with van der Waals surface area (Å²) < 4.78 is 0. The van der Waals surface area contributed by atoms with E-state index in [2.05, 4.69) is 32.6 Å². The van der Waals surface area contributed by atoms with Crippen molar-refractivity contribution in [2.24, 2.45) is 0 Å². The summed E-state index contributed by atoms with van der Waals surface area (Å²) in [7, 11) is -0.929. The standard InChI is InChI=1S/C9H22ClNSi/c1-5-11(6-2)7-8-12(10)9(3)4/h9,12H,5-8H2,1-4H3. The second kappa shape index (κ2) is 6.93. The maximum atomic E-state index is 6.29. The van der Waals surface area contributed by atoms with Crippen molar-refractivity contribution < 1.29 is 0 Å². The minimum Gasteiger partial charge on any atom is -0.304 e. The van der Waals surface area contributed by atoms with Crippen molar-refractivity contribution in [3.63, 3.8) is 0 Å². The van der Waals surface area contributed by atoms with Crippen LogP contribution < -0.4 is 0 Å². The summed E-state index contributed by atoms with van der Waals surface area (Å²) in [5.74, 6) is 0. The molecule has 0 saturated heterocycles. The predicted molar refractivity (Wildman–Crippen MR) is 60.7 cm³/mol. The first-order valence-electron chi connectivity index (χ1n) is 4.98. The Hall–Kier alpha value is 0.467. The highest BCUT2D eigenvalue weighted by Gasteiger charge is 2.12. The Morgan fingerprint density at radius 2 is 1.75 bits per heavy atom.